The molecule has 0 heterocycles. The van der Waals surface area contributed by atoms with E-state index in [1.54, 1.807) is 0 Å². The van der Waals surface area contributed by atoms with E-state index in [4.69, 9.17) is 37.0 Å². The zero-order valence-corrected chi connectivity index (χ0v) is 67.3. The van der Waals surface area contributed by atoms with Gasteiger partial charge in [0.05, 0.1) is 26.4 Å². The molecule has 101 heavy (non-hydrogen) atoms. The standard InChI is InChI=1S/C82H156O17P2/c1-6-9-12-15-18-21-24-27-30-32-33-34-35-36-39-42-45-48-51-58-63-67-81(86)98-77(71-92-79(84)65-60-55-49-46-43-40-38-31-28-25-22-19-16-13-10-7-2)73-96-100(88,89)94-69-76(83)70-95-101(90,91)97-74-78(72-93-80(85)66-61-56-53-52-54-59-64-75(4)5)99-82(87)68-62-57-50-47-44-41-37-29-26-23-20-17-14-11-8-3/h23,26,29,37,75-78,83H,6-22,24-25,27-28,30-36,38-74H2,1-5H3,(H,88,89)(H,90,91)/b26-23-,37-29-/t76-,77-,78-/m1/s1. The summed E-state index contributed by atoms with van der Waals surface area (Å²) >= 11 is 0. The maximum absolute atomic E-state index is 13.1. The fourth-order valence-electron chi connectivity index (χ4n) is 12.2. The molecule has 0 aliphatic carbocycles. The van der Waals surface area contributed by atoms with Gasteiger partial charge in [0.2, 0.25) is 0 Å². The molecule has 0 rings (SSSR count). The molecular formula is C82H156O17P2. The van der Waals surface area contributed by atoms with Gasteiger partial charge in [-0.2, -0.15) is 0 Å². The van der Waals surface area contributed by atoms with E-state index in [-0.39, 0.29) is 25.7 Å². The lowest BCUT2D eigenvalue weighted by atomic mass is 10.0. The maximum Gasteiger partial charge on any atom is 0.472 e. The second-order valence-corrected chi connectivity index (χ2v) is 32.2. The molecule has 3 N–H and O–H groups in total. The maximum atomic E-state index is 13.1. The Balaban J connectivity index is 5.24. The number of unbranched alkanes of at least 4 members (excludes halogenated alkanes) is 49. The Labute approximate surface area is 618 Å². The van der Waals surface area contributed by atoms with Crippen LogP contribution in [0.5, 0.6) is 0 Å². The van der Waals surface area contributed by atoms with Gasteiger partial charge in [-0.15, -0.1) is 0 Å². The van der Waals surface area contributed by atoms with Crippen molar-refractivity contribution in [3.05, 3.63) is 24.3 Å². The first-order chi connectivity index (χ1) is 49.0. The Bertz CT molecular complexity index is 2020. The molecule has 0 bridgehead atoms. The fraction of sp³-hybridized carbons (Fsp3) is 0.902. The van der Waals surface area contributed by atoms with Crippen LogP contribution in [-0.4, -0.2) is 96.7 Å². The quantitative estimate of drug-likeness (QED) is 0.0169. The van der Waals surface area contributed by atoms with Gasteiger partial charge in [-0.1, -0.05) is 361 Å². The van der Waals surface area contributed by atoms with Crippen molar-refractivity contribution in [3.8, 4) is 0 Å². The highest BCUT2D eigenvalue weighted by atomic mass is 31.2. The minimum Gasteiger partial charge on any atom is -0.462 e. The van der Waals surface area contributed by atoms with Crippen molar-refractivity contribution in [1.82, 2.24) is 0 Å². The highest BCUT2D eigenvalue weighted by molar-refractivity contribution is 7.47. The van der Waals surface area contributed by atoms with Crippen molar-refractivity contribution in [1.29, 1.82) is 0 Å². The molecule has 0 saturated carbocycles. The van der Waals surface area contributed by atoms with E-state index in [2.05, 4.69) is 58.9 Å². The number of aliphatic hydroxyl groups is 1. The third-order valence-electron chi connectivity index (χ3n) is 18.7. The first-order valence-electron chi connectivity index (χ1n) is 42.0. The molecule has 0 spiro atoms. The molecule has 2 unspecified atom stereocenters. The number of hydrogen-bond donors (Lipinski definition) is 3. The molecule has 19 heteroatoms. The summed E-state index contributed by atoms with van der Waals surface area (Å²) in [4.78, 5) is 73.0. The van der Waals surface area contributed by atoms with Gasteiger partial charge in [-0.05, 0) is 57.3 Å². The number of phosphoric ester groups is 2. The van der Waals surface area contributed by atoms with Crippen LogP contribution < -0.4 is 0 Å². The lowest BCUT2D eigenvalue weighted by molar-refractivity contribution is -0.161. The van der Waals surface area contributed by atoms with Gasteiger partial charge in [-0.3, -0.25) is 37.3 Å². The van der Waals surface area contributed by atoms with Crippen molar-refractivity contribution in [2.45, 2.75) is 432 Å². The van der Waals surface area contributed by atoms with Crippen LogP contribution in [-0.2, 0) is 65.4 Å². The smallest absolute Gasteiger partial charge is 0.462 e. The summed E-state index contributed by atoms with van der Waals surface area (Å²) in [5.41, 5.74) is 0. The molecule has 0 aromatic heterocycles. The number of phosphoric acid groups is 2. The van der Waals surface area contributed by atoms with Crippen LogP contribution >= 0.6 is 15.6 Å². The van der Waals surface area contributed by atoms with E-state index in [1.165, 1.54) is 218 Å². The fourth-order valence-corrected chi connectivity index (χ4v) is 13.8. The van der Waals surface area contributed by atoms with Crippen LogP contribution in [0.1, 0.15) is 413 Å². The number of aliphatic hydroxyl groups excluding tert-OH is 1. The predicted molar refractivity (Wildman–Crippen MR) is 414 cm³/mol. The molecule has 0 aliphatic heterocycles. The SMILES string of the molecule is CCCCCC/C=C\C=C/CCCCCCCC(=O)O[C@H](COC(=O)CCCCCCCCC(C)C)COP(=O)(O)OC[C@H](O)COP(=O)(O)OC[C@@H](COC(=O)CCCCCCCCCCCCCCCCCC)OC(=O)CCCCCCCCCCCCCCCCCCCCCCC. The molecule has 17 nitrogen and oxygen atoms in total. The van der Waals surface area contributed by atoms with Crippen LogP contribution in [0.15, 0.2) is 24.3 Å². The summed E-state index contributed by atoms with van der Waals surface area (Å²) in [7, 11) is -9.93. The molecule has 0 amide bonds. The summed E-state index contributed by atoms with van der Waals surface area (Å²) in [6, 6.07) is 0. The van der Waals surface area contributed by atoms with E-state index in [9.17, 15) is 43.2 Å². The number of ether oxygens (including phenoxy) is 4. The number of esters is 4. The van der Waals surface area contributed by atoms with Crippen molar-refractivity contribution in [3.63, 3.8) is 0 Å². The minimum absolute atomic E-state index is 0.0844. The highest BCUT2D eigenvalue weighted by Gasteiger charge is 2.30. The molecule has 0 saturated heterocycles. The molecule has 0 radical (unpaired) electrons. The Morgan fingerprint density at radius 1 is 0.307 bits per heavy atom. The van der Waals surface area contributed by atoms with Gasteiger partial charge < -0.3 is 33.8 Å². The van der Waals surface area contributed by atoms with E-state index < -0.39 is 97.5 Å². The Kier molecular flexibility index (Phi) is 72.6. The van der Waals surface area contributed by atoms with Crippen molar-refractivity contribution >= 4 is 39.5 Å². The molecule has 596 valence electrons. The molecule has 0 aliphatic rings. The summed E-state index contributed by atoms with van der Waals surface area (Å²) in [5.74, 6) is -1.46. The number of rotatable bonds is 80. The van der Waals surface area contributed by atoms with Crippen molar-refractivity contribution in [2.75, 3.05) is 39.6 Å². The second-order valence-electron chi connectivity index (χ2n) is 29.3. The molecular weight excluding hydrogens is 1320 g/mol. The molecule has 0 fully saturated rings. The van der Waals surface area contributed by atoms with Crippen LogP contribution in [0.3, 0.4) is 0 Å². The van der Waals surface area contributed by atoms with E-state index in [0.29, 0.717) is 31.6 Å². The largest absolute Gasteiger partial charge is 0.472 e. The number of allylic oxidation sites excluding steroid dienone is 4. The predicted octanol–water partition coefficient (Wildman–Crippen LogP) is 24.4. The van der Waals surface area contributed by atoms with Gasteiger partial charge in [-0.25, -0.2) is 9.13 Å². The summed E-state index contributed by atoms with van der Waals surface area (Å²) in [6.07, 6.45) is 69.1. The minimum atomic E-state index is -4.97. The number of carbonyl (C=O) groups excluding carboxylic acids is 4. The number of hydrogen-bond acceptors (Lipinski definition) is 15. The van der Waals surface area contributed by atoms with Gasteiger partial charge >= 0.3 is 39.5 Å². The van der Waals surface area contributed by atoms with Gasteiger partial charge in [0, 0.05) is 25.7 Å². The Hall–Kier alpha value is -2.46. The van der Waals surface area contributed by atoms with E-state index in [1.807, 2.05) is 0 Å². The van der Waals surface area contributed by atoms with E-state index >= 15 is 0 Å². The van der Waals surface area contributed by atoms with Crippen LogP contribution in [0, 0.1) is 5.92 Å². The third-order valence-corrected chi connectivity index (χ3v) is 20.6. The summed E-state index contributed by atoms with van der Waals surface area (Å²) < 4.78 is 68.6. The molecule has 5 atom stereocenters. The van der Waals surface area contributed by atoms with Crippen molar-refractivity contribution < 1.29 is 80.2 Å². The molecule has 0 aromatic rings. The lowest BCUT2D eigenvalue weighted by Gasteiger charge is -2.21. The normalized spacial score (nSPS) is 14.0. The van der Waals surface area contributed by atoms with Crippen LogP contribution in [0.4, 0.5) is 0 Å². The first kappa shape index (κ1) is 98.5. The third kappa shape index (κ3) is 75.6. The summed E-state index contributed by atoms with van der Waals surface area (Å²) in [5, 5.41) is 10.6. The zero-order valence-electron chi connectivity index (χ0n) is 65.5. The van der Waals surface area contributed by atoms with Gasteiger partial charge in [0.25, 0.3) is 0 Å². The molecule has 0 aromatic carbocycles. The van der Waals surface area contributed by atoms with Gasteiger partial charge in [0.1, 0.15) is 19.3 Å². The van der Waals surface area contributed by atoms with Crippen LogP contribution in [0.2, 0.25) is 0 Å². The Morgan fingerprint density at radius 2 is 0.535 bits per heavy atom. The Morgan fingerprint density at radius 3 is 0.812 bits per heavy atom. The average molecular weight is 1480 g/mol. The van der Waals surface area contributed by atoms with Crippen molar-refractivity contribution in [2.24, 2.45) is 5.92 Å². The zero-order chi connectivity index (χ0) is 74.1. The summed E-state index contributed by atoms with van der Waals surface area (Å²) in [6.45, 7) is 7.18. The monoisotopic (exact) mass is 1480 g/mol. The average Bonchev–Trinajstić information content (AvgIpc) is 0.944. The van der Waals surface area contributed by atoms with Gasteiger partial charge in [0.15, 0.2) is 12.2 Å². The van der Waals surface area contributed by atoms with E-state index in [0.717, 1.165) is 109 Å². The number of carbonyl (C=O) groups is 4. The first-order valence-corrected chi connectivity index (χ1v) is 44.9. The highest BCUT2D eigenvalue weighted by Crippen LogP contribution is 2.45. The van der Waals surface area contributed by atoms with Crippen LogP contribution in [0.25, 0.3) is 0 Å². The topological polar surface area (TPSA) is 237 Å². The lowest BCUT2D eigenvalue weighted by Crippen LogP contribution is -2.30. The second kappa shape index (κ2) is 74.4.